The highest BCUT2D eigenvalue weighted by Gasteiger charge is 2.18. The molecule has 13 heavy (non-hydrogen) atoms. The van der Waals surface area contributed by atoms with E-state index in [4.69, 9.17) is 14.6 Å². The lowest BCUT2D eigenvalue weighted by Gasteiger charge is -2.24. The second-order valence-electron chi connectivity index (χ2n) is 4.63. The Morgan fingerprint density at radius 1 is 0.846 bits per heavy atom. The second-order valence-corrected chi connectivity index (χ2v) is 4.63. The van der Waals surface area contributed by atoms with Crippen LogP contribution in [0.15, 0.2) is 0 Å². The molecule has 0 amide bonds. The number of hydrogen-bond acceptors (Lipinski definition) is 3. The first-order chi connectivity index (χ1) is 5.62. The molecule has 0 rings (SSSR count). The summed E-state index contributed by atoms with van der Waals surface area (Å²) in [6.07, 6.45) is 0.750. The van der Waals surface area contributed by atoms with Gasteiger partial charge in [0.1, 0.15) is 6.29 Å². The Labute approximate surface area is 81.3 Å². The molecule has 0 aromatic heterocycles. The summed E-state index contributed by atoms with van der Waals surface area (Å²) >= 11 is 0. The fourth-order valence-corrected chi connectivity index (χ4v) is 0.250. The van der Waals surface area contributed by atoms with Crippen LogP contribution in [-0.4, -0.2) is 17.5 Å². The van der Waals surface area contributed by atoms with Crippen LogP contribution in [0.4, 0.5) is 0 Å². The van der Waals surface area contributed by atoms with Gasteiger partial charge in [-0.1, -0.05) is 0 Å². The van der Waals surface area contributed by atoms with Crippen LogP contribution in [0, 0.1) is 0 Å². The number of carbonyl (C=O) groups excluding carboxylic acids is 1. The predicted molar refractivity (Wildman–Crippen MR) is 53.4 cm³/mol. The van der Waals surface area contributed by atoms with E-state index >= 15 is 0 Å². The van der Waals surface area contributed by atoms with E-state index in [-0.39, 0.29) is 11.2 Å². The lowest BCUT2D eigenvalue weighted by molar-refractivity contribution is -0.393. The van der Waals surface area contributed by atoms with Gasteiger partial charge in [0.2, 0.25) is 0 Å². The van der Waals surface area contributed by atoms with Crippen molar-refractivity contribution in [3.8, 4) is 0 Å². The molecule has 0 aromatic rings. The van der Waals surface area contributed by atoms with Crippen LogP contribution < -0.4 is 0 Å². The molecule has 3 heteroatoms. The van der Waals surface area contributed by atoms with E-state index in [1.807, 2.05) is 41.5 Å². The number of rotatable bonds is 1. The molecular weight excluding hydrogens is 168 g/mol. The van der Waals surface area contributed by atoms with Gasteiger partial charge in [0.25, 0.3) is 0 Å². The summed E-state index contributed by atoms with van der Waals surface area (Å²) in [4.78, 5) is 19.0. The molecule has 0 radical (unpaired) electrons. The molecule has 0 bridgehead atoms. The van der Waals surface area contributed by atoms with Crippen LogP contribution in [-0.2, 0) is 14.6 Å². The summed E-state index contributed by atoms with van der Waals surface area (Å²) in [5.41, 5.74) is -0.430. The Morgan fingerprint density at radius 3 is 1.08 bits per heavy atom. The maximum Gasteiger partial charge on any atom is 0.116 e. The smallest absolute Gasteiger partial charge is 0.116 e. The molecule has 0 aromatic carbocycles. The predicted octanol–water partition coefficient (Wildman–Crippen LogP) is 2.74. The first kappa shape index (κ1) is 15.1. The van der Waals surface area contributed by atoms with Crippen LogP contribution in [0.1, 0.15) is 48.5 Å². The molecular formula is C10H22O3. The third-order valence-corrected chi connectivity index (χ3v) is 0.542. The van der Waals surface area contributed by atoms with Gasteiger partial charge in [0.05, 0.1) is 11.2 Å². The average Bonchev–Trinajstić information content (AvgIpc) is 1.82. The van der Waals surface area contributed by atoms with Crippen LogP contribution in [0.3, 0.4) is 0 Å². The first-order valence-corrected chi connectivity index (χ1v) is 4.39. The van der Waals surface area contributed by atoms with Crippen molar-refractivity contribution in [3.63, 3.8) is 0 Å². The third kappa shape index (κ3) is 24.5. The molecule has 0 spiro atoms. The molecule has 0 unspecified atom stereocenters. The largest absolute Gasteiger partial charge is 0.304 e. The topological polar surface area (TPSA) is 35.5 Å². The van der Waals surface area contributed by atoms with Gasteiger partial charge >= 0.3 is 0 Å². The van der Waals surface area contributed by atoms with Gasteiger partial charge < -0.3 is 4.79 Å². The number of hydrogen-bond donors (Lipinski definition) is 0. The zero-order valence-electron chi connectivity index (χ0n) is 9.80. The molecule has 0 aliphatic carbocycles. The first-order valence-electron chi connectivity index (χ1n) is 4.39. The average molecular weight is 190 g/mol. The normalized spacial score (nSPS) is 11.6. The zero-order valence-corrected chi connectivity index (χ0v) is 9.80. The fourth-order valence-electron chi connectivity index (χ4n) is 0.250. The standard InChI is InChI=1S/C8H18O2.C2H4O/c1-7(2,3)9-10-8(4,5)6;1-2-3/h1-6H3;2H,1H3. The van der Waals surface area contributed by atoms with Crippen molar-refractivity contribution in [1.82, 2.24) is 0 Å². The minimum absolute atomic E-state index is 0.215. The summed E-state index contributed by atoms with van der Waals surface area (Å²) in [7, 11) is 0. The molecule has 0 saturated heterocycles. The van der Waals surface area contributed by atoms with Crippen molar-refractivity contribution >= 4 is 6.29 Å². The van der Waals surface area contributed by atoms with Crippen molar-refractivity contribution < 1.29 is 14.6 Å². The molecule has 0 aliphatic heterocycles. The minimum Gasteiger partial charge on any atom is -0.304 e. The maximum atomic E-state index is 8.81. The highest BCUT2D eigenvalue weighted by atomic mass is 17.2. The van der Waals surface area contributed by atoms with E-state index in [9.17, 15) is 0 Å². The SMILES string of the molecule is CC(C)(C)OOC(C)(C)C.CC=O. The third-order valence-electron chi connectivity index (χ3n) is 0.542. The Kier molecular flexibility index (Phi) is 7.08. The molecule has 0 N–H and O–H groups in total. The number of carbonyl (C=O) groups is 1. The fraction of sp³-hybridized carbons (Fsp3) is 0.900. The summed E-state index contributed by atoms with van der Waals surface area (Å²) in [5, 5.41) is 0. The molecule has 0 saturated carbocycles. The zero-order chi connectivity index (χ0) is 11.1. The van der Waals surface area contributed by atoms with Gasteiger partial charge in [-0.3, -0.25) is 0 Å². The van der Waals surface area contributed by atoms with Crippen molar-refractivity contribution in [2.24, 2.45) is 0 Å². The Bertz CT molecular complexity index is 114. The van der Waals surface area contributed by atoms with Crippen molar-refractivity contribution in [2.75, 3.05) is 0 Å². The second kappa shape index (κ2) is 6.11. The van der Waals surface area contributed by atoms with E-state index < -0.39 is 0 Å². The van der Waals surface area contributed by atoms with Gasteiger partial charge in [-0.15, -0.1) is 0 Å². The molecule has 0 heterocycles. The summed E-state index contributed by atoms with van der Waals surface area (Å²) in [6.45, 7) is 13.2. The Hall–Kier alpha value is -0.410. The monoisotopic (exact) mass is 190 g/mol. The highest BCUT2D eigenvalue weighted by molar-refractivity contribution is 5.44. The van der Waals surface area contributed by atoms with Gasteiger partial charge in [-0.2, -0.15) is 0 Å². The van der Waals surface area contributed by atoms with E-state index in [0.29, 0.717) is 0 Å². The van der Waals surface area contributed by atoms with Crippen LogP contribution in [0.2, 0.25) is 0 Å². The van der Waals surface area contributed by atoms with E-state index in [1.165, 1.54) is 6.92 Å². The lowest BCUT2D eigenvalue weighted by Crippen LogP contribution is -2.27. The van der Waals surface area contributed by atoms with Crippen LogP contribution >= 0.6 is 0 Å². The van der Waals surface area contributed by atoms with E-state index in [0.717, 1.165) is 6.29 Å². The maximum absolute atomic E-state index is 8.81. The summed E-state index contributed by atoms with van der Waals surface area (Å²) in [6, 6.07) is 0. The Balaban J connectivity index is 0. The van der Waals surface area contributed by atoms with Gasteiger partial charge in [0.15, 0.2) is 0 Å². The van der Waals surface area contributed by atoms with Crippen LogP contribution in [0.25, 0.3) is 0 Å². The summed E-state index contributed by atoms with van der Waals surface area (Å²) < 4.78 is 0. The number of aldehydes is 1. The van der Waals surface area contributed by atoms with Gasteiger partial charge in [0, 0.05) is 0 Å². The van der Waals surface area contributed by atoms with E-state index in [1.54, 1.807) is 0 Å². The molecule has 0 atom stereocenters. The van der Waals surface area contributed by atoms with Crippen molar-refractivity contribution in [3.05, 3.63) is 0 Å². The van der Waals surface area contributed by atoms with Gasteiger partial charge in [-0.25, -0.2) is 9.78 Å². The Morgan fingerprint density at radius 2 is 1.00 bits per heavy atom. The van der Waals surface area contributed by atoms with Crippen LogP contribution in [0.5, 0.6) is 0 Å². The molecule has 80 valence electrons. The van der Waals surface area contributed by atoms with Gasteiger partial charge in [-0.05, 0) is 48.5 Å². The summed E-state index contributed by atoms with van der Waals surface area (Å²) in [5.74, 6) is 0. The quantitative estimate of drug-likeness (QED) is 0.362. The molecule has 3 nitrogen and oxygen atoms in total. The molecule has 0 fully saturated rings. The molecule has 0 aliphatic rings. The minimum atomic E-state index is -0.215. The van der Waals surface area contributed by atoms with Crippen molar-refractivity contribution in [1.29, 1.82) is 0 Å². The van der Waals surface area contributed by atoms with Crippen molar-refractivity contribution in [2.45, 2.75) is 59.7 Å². The highest BCUT2D eigenvalue weighted by Crippen LogP contribution is 2.14. The van der Waals surface area contributed by atoms with E-state index in [2.05, 4.69) is 0 Å². The lowest BCUT2D eigenvalue weighted by atomic mass is 10.2.